The zero-order valence-corrected chi connectivity index (χ0v) is 14.1. The second kappa shape index (κ2) is 6.24. The Hall–Kier alpha value is -2.82. The number of hydrogen-bond acceptors (Lipinski definition) is 3. The van der Waals surface area contributed by atoms with E-state index < -0.39 is 6.10 Å². The first-order valence-corrected chi connectivity index (χ1v) is 8.59. The van der Waals surface area contributed by atoms with Crippen LogP contribution in [-0.4, -0.2) is 24.5 Å². The van der Waals surface area contributed by atoms with Crippen molar-refractivity contribution >= 4 is 23.2 Å². The van der Waals surface area contributed by atoms with E-state index >= 15 is 0 Å². The summed E-state index contributed by atoms with van der Waals surface area (Å²) in [6.45, 7) is 2.18. The minimum Gasteiger partial charge on any atom is -0.480 e. The fourth-order valence-electron chi connectivity index (χ4n) is 3.41. The highest BCUT2D eigenvalue weighted by molar-refractivity contribution is 6.05. The standard InChI is InChI=1S/C20H20N2O3/c1-13-12-22(16-8-4-3-7-15(16)21-19(13)23)20(24)18-11-10-14-6-2-5-9-17(14)25-18/h2-9,13,18H,10-12H2,1H3,(H,21,23). The highest BCUT2D eigenvalue weighted by atomic mass is 16.5. The maximum atomic E-state index is 13.2. The first-order valence-electron chi connectivity index (χ1n) is 8.59. The molecule has 0 spiro atoms. The minimum atomic E-state index is -0.525. The second-order valence-electron chi connectivity index (χ2n) is 6.61. The summed E-state index contributed by atoms with van der Waals surface area (Å²) in [4.78, 5) is 27.1. The number of nitrogens with one attached hydrogen (secondary N) is 1. The van der Waals surface area contributed by atoms with E-state index in [0.29, 0.717) is 18.7 Å². The van der Waals surface area contributed by atoms with Crippen LogP contribution in [-0.2, 0) is 16.0 Å². The molecule has 2 aromatic rings. The Bertz CT molecular complexity index is 833. The lowest BCUT2D eigenvalue weighted by molar-refractivity contribution is -0.126. The van der Waals surface area contributed by atoms with Gasteiger partial charge in [0.05, 0.1) is 17.3 Å². The predicted molar refractivity (Wildman–Crippen MR) is 95.8 cm³/mol. The molecule has 5 nitrogen and oxygen atoms in total. The van der Waals surface area contributed by atoms with Gasteiger partial charge >= 0.3 is 0 Å². The largest absolute Gasteiger partial charge is 0.480 e. The molecule has 25 heavy (non-hydrogen) atoms. The molecule has 0 radical (unpaired) electrons. The summed E-state index contributed by atoms with van der Waals surface area (Å²) in [5.41, 5.74) is 2.53. The second-order valence-corrected chi connectivity index (χ2v) is 6.61. The molecule has 2 aliphatic rings. The first kappa shape index (κ1) is 15.7. The van der Waals surface area contributed by atoms with Gasteiger partial charge in [0, 0.05) is 6.54 Å². The van der Waals surface area contributed by atoms with Crippen molar-refractivity contribution < 1.29 is 14.3 Å². The van der Waals surface area contributed by atoms with E-state index in [4.69, 9.17) is 4.74 Å². The molecule has 2 aliphatic heterocycles. The molecule has 0 aliphatic carbocycles. The van der Waals surface area contributed by atoms with Gasteiger partial charge in [-0.3, -0.25) is 9.59 Å². The summed E-state index contributed by atoms with van der Waals surface area (Å²) in [6.07, 6.45) is 0.933. The normalized spacial score (nSPS) is 22.1. The van der Waals surface area contributed by atoms with Gasteiger partial charge in [-0.2, -0.15) is 0 Å². The lowest BCUT2D eigenvalue weighted by atomic mass is 10.0. The van der Waals surface area contributed by atoms with Gasteiger partial charge < -0.3 is 15.0 Å². The highest BCUT2D eigenvalue weighted by Gasteiger charge is 2.34. The van der Waals surface area contributed by atoms with Crippen LogP contribution in [0.3, 0.4) is 0 Å². The van der Waals surface area contributed by atoms with Crippen LogP contribution < -0.4 is 15.0 Å². The predicted octanol–water partition coefficient (Wildman–Crippen LogP) is 3.00. The van der Waals surface area contributed by atoms with Crippen molar-refractivity contribution in [3.8, 4) is 5.75 Å². The van der Waals surface area contributed by atoms with Crippen molar-refractivity contribution in [3.05, 3.63) is 54.1 Å². The first-order chi connectivity index (χ1) is 12.1. The highest BCUT2D eigenvalue weighted by Crippen LogP contribution is 2.33. The van der Waals surface area contributed by atoms with E-state index in [-0.39, 0.29) is 17.7 Å². The van der Waals surface area contributed by atoms with Gasteiger partial charge in [-0.1, -0.05) is 37.3 Å². The van der Waals surface area contributed by atoms with E-state index in [2.05, 4.69) is 5.32 Å². The molecular weight excluding hydrogens is 316 g/mol. The van der Waals surface area contributed by atoms with Crippen LogP contribution >= 0.6 is 0 Å². The third-order valence-electron chi connectivity index (χ3n) is 4.82. The molecule has 2 heterocycles. The van der Waals surface area contributed by atoms with Gasteiger partial charge in [0.2, 0.25) is 5.91 Å². The molecule has 2 atom stereocenters. The van der Waals surface area contributed by atoms with Gasteiger partial charge in [0.15, 0.2) is 6.10 Å². The van der Waals surface area contributed by atoms with E-state index in [1.165, 1.54) is 0 Å². The van der Waals surface area contributed by atoms with Crippen LogP contribution in [0.2, 0.25) is 0 Å². The van der Waals surface area contributed by atoms with E-state index in [1.807, 2.05) is 55.5 Å². The summed E-state index contributed by atoms with van der Waals surface area (Å²) in [7, 11) is 0. The van der Waals surface area contributed by atoms with Crippen LogP contribution in [0.15, 0.2) is 48.5 Å². The number of carbonyl (C=O) groups excluding carboxylic acids is 2. The molecule has 5 heteroatoms. The van der Waals surface area contributed by atoms with Crippen LogP contribution in [0, 0.1) is 5.92 Å². The molecule has 2 unspecified atom stereocenters. The Morgan fingerprint density at radius 2 is 1.92 bits per heavy atom. The lowest BCUT2D eigenvalue weighted by Gasteiger charge is -2.31. The topological polar surface area (TPSA) is 58.6 Å². The smallest absolute Gasteiger partial charge is 0.268 e. The third kappa shape index (κ3) is 2.86. The number of para-hydroxylation sites is 3. The Morgan fingerprint density at radius 1 is 1.16 bits per heavy atom. The molecule has 4 rings (SSSR count). The van der Waals surface area contributed by atoms with Crippen LogP contribution in [0.4, 0.5) is 11.4 Å². The van der Waals surface area contributed by atoms with Gasteiger partial charge in [0.25, 0.3) is 5.91 Å². The number of benzene rings is 2. The fraction of sp³-hybridized carbons (Fsp3) is 0.300. The van der Waals surface area contributed by atoms with E-state index in [9.17, 15) is 9.59 Å². The Balaban J connectivity index is 1.64. The zero-order chi connectivity index (χ0) is 17.4. The number of anilines is 2. The van der Waals surface area contributed by atoms with Gasteiger partial charge in [-0.05, 0) is 36.6 Å². The molecule has 0 fully saturated rings. The van der Waals surface area contributed by atoms with Crippen molar-refractivity contribution in [1.82, 2.24) is 0 Å². The third-order valence-corrected chi connectivity index (χ3v) is 4.82. The van der Waals surface area contributed by atoms with Crippen molar-refractivity contribution in [2.45, 2.75) is 25.9 Å². The number of hydrogen-bond donors (Lipinski definition) is 1. The van der Waals surface area contributed by atoms with Crippen molar-refractivity contribution in [3.63, 3.8) is 0 Å². The average molecular weight is 336 g/mol. The van der Waals surface area contributed by atoms with Gasteiger partial charge in [-0.25, -0.2) is 0 Å². The van der Waals surface area contributed by atoms with E-state index in [1.54, 1.807) is 4.90 Å². The summed E-state index contributed by atoms with van der Waals surface area (Å²) < 4.78 is 5.97. The quantitative estimate of drug-likeness (QED) is 0.871. The van der Waals surface area contributed by atoms with Crippen LogP contribution in [0.1, 0.15) is 18.9 Å². The monoisotopic (exact) mass is 336 g/mol. The number of nitrogens with zero attached hydrogens (tertiary/aromatic N) is 1. The number of carbonyl (C=O) groups is 2. The SMILES string of the molecule is CC1CN(C(=O)C2CCc3ccccc3O2)c2ccccc2NC1=O. The molecule has 2 aromatic carbocycles. The number of fused-ring (bicyclic) bond motifs is 2. The molecule has 0 saturated carbocycles. The Labute approximate surface area is 146 Å². The maximum absolute atomic E-state index is 13.2. The average Bonchev–Trinajstić information content (AvgIpc) is 2.77. The maximum Gasteiger partial charge on any atom is 0.268 e. The van der Waals surface area contributed by atoms with Crippen molar-refractivity contribution in [2.24, 2.45) is 5.92 Å². The van der Waals surface area contributed by atoms with Crippen molar-refractivity contribution in [1.29, 1.82) is 0 Å². The molecular formula is C20H20N2O3. The minimum absolute atomic E-state index is 0.0716. The summed E-state index contributed by atoms with van der Waals surface area (Å²) in [5, 5.41) is 2.90. The molecule has 0 aromatic heterocycles. The Morgan fingerprint density at radius 3 is 2.80 bits per heavy atom. The fourth-order valence-corrected chi connectivity index (χ4v) is 3.41. The molecule has 128 valence electrons. The summed E-state index contributed by atoms with van der Waals surface area (Å²) in [5.74, 6) is 0.327. The van der Waals surface area contributed by atoms with Crippen LogP contribution in [0.25, 0.3) is 0 Å². The van der Waals surface area contributed by atoms with Crippen molar-refractivity contribution in [2.75, 3.05) is 16.8 Å². The van der Waals surface area contributed by atoms with Gasteiger partial charge in [-0.15, -0.1) is 0 Å². The number of aryl methyl sites for hydroxylation is 1. The number of ether oxygens (including phenoxy) is 1. The van der Waals surface area contributed by atoms with Gasteiger partial charge in [0.1, 0.15) is 5.75 Å². The Kier molecular flexibility index (Phi) is 3.92. The van der Waals surface area contributed by atoms with E-state index in [0.717, 1.165) is 23.4 Å². The molecule has 0 bridgehead atoms. The molecule has 2 amide bonds. The molecule has 0 saturated heterocycles. The number of rotatable bonds is 1. The van der Waals surface area contributed by atoms with Crippen LogP contribution in [0.5, 0.6) is 5.75 Å². The summed E-state index contributed by atoms with van der Waals surface area (Å²) >= 11 is 0. The lowest BCUT2D eigenvalue weighted by Crippen LogP contribution is -2.45. The summed E-state index contributed by atoms with van der Waals surface area (Å²) in [6, 6.07) is 15.2. The number of amides is 2. The molecule has 1 N–H and O–H groups in total. The zero-order valence-electron chi connectivity index (χ0n) is 14.1.